The summed E-state index contributed by atoms with van der Waals surface area (Å²) in [5.41, 5.74) is 0.919. The molecule has 1 aromatic rings. The molecule has 0 aromatic heterocycles. The van der Waals surface area contributed by atoms with E-state index in [1.165, 1.54) is 0 Å². The highest BCUT2D eigenvalue weighted by molar-refractivity contribution is 5.77. The first-order valence-corrected chi connectivity index (χ1v) is 6.86. The summed E-state index contributed by atoms with van der Waals surface area (Å²) in [6.45, 7) is 0.654. The standard InChI is InChI=1S/C15H21NO3/c17-11-14(12-6-2-1-3-7-12)16-15(18)10-13-8-4-5-9-19-13/h1-3,6-7,13-14,17H,4-5,8-11H2,(H,16,18)/t13?,14-/m0/s1. The monoisotopic (exact) mass is 263 g/mol. The molecule has 1 amide bonds. The fourth-order valence-electron chi connectivity index (χ4n) is 2.35. The Hall–Kier alpha value is -1.39. The van der Waals surface area contributed by atoms with Crippen LogP contribution in [0.15, 0.2) is 30.3 Å². The molecule has 4 heteroatoms. The van der Waals surface area contributed by atoms with Gasteiger partial charge < -0.3 is 15.2 Å². The minimum Gasteiger partial charge on any atom is -0.394 e. The summed E-state index contributed by atoms with van der Waals surface area (Å²) in [6.07, 6.45) is 3.57. The third kappa shape index (κ3) is 4.33. The molecule has 0 bridgehead atoms. The Morgan fingerprint density at radius 1 is 1.37 bits per heavy atom. The first kappa shape index (κ1) is 14.0. The van der Waals surface area contributed by atoms with Crippen molar-refractivity contribution in [2.45, 2.75) is 37.8 Å². The van der Waals surface area contributed by atoms with Gasteiger partial charge in [0, 0.05) is 6.61 Å². The van der Waals surface area contributed by atoms with Gasteiger partial charge in [0.15, 0.2) is 0 Å². The van der Waals surface area contributed by atoms with Crippen LogP contribution in [0.5, 0.6) is 0 Å². The van der Waals surface area contributed by atoms with E-state index in [1.807, 2.05) is 30.3 Å². The van der Waals surface area contributed by atoms with Crippen molar-refractivity contribution in [3.8, 4) is 0 Å². The highest BCUT2D eigenvalue weighted by Gasteiger charge is 2.20. The topological polar surface area (TPSA) is 58.6 Å². The molecule has 1 unspecified atom stereocenters. The van der Waals surface area contributed by atoms with Crippen molar-refractivity contribution in [1.29, 1.82) is 0 Å². The Bertz CT molecular complexity index is 388. The first-order chi connectivity index (χ1) is 9.29. The van der Waals surface area contributed by atoms with E-state index in [4.69, 9.17) is 4.74 Å². The zero-order chi connectivity index (χ0) is 13.5. The van der Waals surface area contributed by atoms with Gasteiger partial charge in [0.25, 0.3) is 0 Å². The van der Waals surface area contributed by atoms with Gasteiger partial charge in [0.2, 0.25) is 5.91 Å². The van der Waals surface area contributed by atoms with Crippen LogP contribution in [-0.4, -0.2) is 30.3 Å². The van der Waals surface area contributed by atoms with Crippen LogP contribution in [0.1, 0.15) is 37.3 Å². The molecule has 2 atom stereocenters. The van der Waals surface area contributed by atoms with Gasteiger partial charge in [-0.05, 0) is 24.8 Å². The van der Waals surface area contributed by atoms with E-state index in [2.05, 4.69) is 5.32 Å². The van der Waals surface area contributed by atoms with Crippen LogP contribution < -0.4 is 5.32 Å². The number of aliphatic hydroxyl groups is 1. The molecule has 104 valence electrons. The molecule has 0 radical (unpaired) electrons. The van der Waals surface area contributed by atoms with Gasteiger partial charge >= 0.3 is 0 Å². The van der Waals surface area contributed by atoms with Gasteiger partial charge in [0.05, 0.1) is 25.2 Å². The van der Waals surface area contributed by atoms with Crippen molar-refractivity contribution in [2.75, 3.05) is 13.2 Å². The van der Waals surface area contributed by atoms with E-state index in [0.717, 1.165) is 31.4 Å². The lowest BCUT2D eigenvalue weighted by atomic mass is 10.0. The number of hydrogen-bond acceptors (Lipinski definition) is 3. The molecule has 1 heterocycles. The van der Waals surface area contributed by atoms with E-state index in [-0.39, 0.29) is 24.7 Å². The normalized spacial score (nSPS) is 20.8. The highest BCUT2D eigenvalue weighted by atomic mass is 16.5. The Labute approximate surface area is 113 Å². The lowest BCUT2D eigenvalue weighted by Gasteiger charge is -2.23. The predicted molar refractivity (Wildman–Crippen MR) is 72.6 cm³/mol. The molecule has 0 saturated carbocycles. The van der Waals surface area contributed by atoms with Gasteiger partial charge in [0.1, 0.15) is 0 Å². The van der Waals surface area contributed by atoms with Crippen LogP contribution in [0.25, 0.3) is 0 Å². The molecule has 1 fully saturated rings. The molecular weight excluding hydrogens is 242 g/mol. The number of nitrogens with one attached hydrogen (secondary N) is 1. The quantitative estimate of drug-likeness (QED) is 0.851. The minimum atomic E-state index is -0.336. The number of ether oxygens (including phenoxy) is 1. The lowest BCUT2D eigenvalue weighted by Crippen LogP contribution is -2.34. The first-order valence-electron chi connectivity index (χ1n) is 6.86. The number of amides is 1. The van der Waals surface area contributed by atoms with Crippen LogP contribution in [0, 0.1) is 0 Å². The van der Waals surface area contributed by atoms with E-state index in [9.17, 15) is 9.90 Å². The molecule has 1 saturated heterocycles. The molecule has 1 aromatic carbocycles. The Kier molecular flexibility index (Phi) is 5.36. The van der Waals surface area contributed by atoms with E-state index < -0.39 is 0 Å². The average Bonchev–Trinajstić information content (AvgIpc) is 2.47. The maximum Gasteiger partial charge on any atom is 0.223 e. The third-order valence-corrected chi connectivity index (χ3v) is 3.41. The minimum absolute atomic E-state index is 0.0314. The summed E-state index contributed by atoms with van der Waals surface area (Å²) in [7, 11) is 0. The Morgan fingerprint density at radius 3 is 2.79 bits per heavy atom. The zero-order valence-electron chi connectivity index (χ0n) is 11.0. The maximum atomic E-state index is 12.0. The van der Waals surface area contributed by atoms with Crippen LogP contribution in [0.4, 0.5) is 0 Å². The fourth-order valence-corrected chi connectivity index (χ4v) is 2.35. The molecule has 19 heavy (non-hydrogen) atoms. The van der Waals surface area contributed by atoms with Crippen LogP contribution >= 0.6 is 0 Å². The third-order valence-electron chi connectivity index (χ3n) is 3.41. The van der Waals surface area contributed by atoms with Gasteiger partial charge in [-0.1, -0.05) is 30.3 Å². The molecular formula is C15H21NO3. The Morgan fingerprint density at radius 2 is 2.16 bits per heavy atom. The van der Waals surface area contributed by atoms with Gasteiger partial charge in [-0.3, -0.25) is 4.79 Å². The van der Waals surface area contributed by atoms with Crippen molar-refractivity contribution < 1.29 is 14.6 Å². The summed E-state index contributed by atoms with van der Waals surface area (Å²) >= 11 is 0. The van der Waals surface area contributed by atoms with E-state index >= 15 is 0 Å². The average molecular weight is 263 g/mol. The van der Waals surface area contributed by atoms with Crippen LogP contribution in [0.2, 0.25) is 0 Å². The van der Waals surface area contributed by atoms with E-state index in [1.54, 1.807) is 0 Å². The fraction of sp³-hybridized carbons (Fsp3) is 0.533. The van der Waals surface area contributed by atoms with Gasteiger partial charge in [-0.2, -0.15) is 0 Å². The van der Waals surface area contributed by atoms with Gasteiger partial charge in [-0.15, -0.1) is 0 Å². The SMILES string of the molecule is O=C(CC1CCCCO1)N[C@@H](CO)c1ccccc1. The summed E-state index contributed by atoms with van der Waals surface area (Å²) in [5, 5.41) is 12.2. The summed E-state index contributed by atoms with van der Waals surface area (Å²) < 4.78 is 5.55. The van der Waals surface area contributed by atoms with Crippen LogP contribution in [-0.2, 0) is 9.53 Å². The van der Waals surface area contributed by atoms with Crippen molar-refractivity contribution >= 4 is 5.91 Å². The highest BCUT2D eigenvalue weighted by Crippen LogP contribution is 2.17. The van der Waals surface area contributed by atoms with Crippen molar-refractivity contribution in [3.63, 3.8) is 0 Å². The molecule has 0 aliphatic carbocycles. The summed E-state index contributed by atoms with van der Waals surface area (Å²) in [6, 6.07) is 9.17. The molecule has 2 N–H and O–H groups in total. The van der Waals surface area contributed by atoms with E-state index in [0.29, 0.717) is 6.42 Å². The number of rotatable bonds is 5. The number of aliphatic hydroxyl groups excluding tert-OH is 1. The number of carbonyl (C=O) groups is 1. The van der Waals surface area contributed by atoms with Crippen LogP contribution in [0.3, 0.4) is 0 Å². The second kappa shape index (κ2) is 7.26. The number of benzene rings is 1. The molecule has 1 aliphatic rings. The largest absolute Gasteiger partial charge is 0.394 e. The second-order valence-electron chi connectivity index (χ2n) is 4.91. The smallest absolute Gasteiger partial charge is 0.223 e. The summed E-state index contributed by atoms with van der Waals surface area (Å²) in [4.78, 5) is 12.0. The Balaban J connectivity index is 1.85. The molecule has 1 aliphatic heterocycles. The molecule has 2 rings (SSSR count). The van der Waals surface area contributed by atoms with Crippen molar-refractivity contribution in [3.05, 3.63) is 35.9 Å². The maximum absolute atomic E-state index is 12.0. The number of carbonyl (C=O) groups excluding carboxylic acids is 1. The van der Waals surface area contributed by atoms with Crippen molar-refractivity contribution in [2.24, 2.45) is 0 Å². The van der Waals surface area contributed by atoms with Gasteiger partial charge in [-0.25, -0.2) is 0 Å². The molecule has 0 spiro atoms. The molecule has 4 nitrogen and oxygen atoms in total. The predicted octanol–water partition coefficient (Wildman–Crippen LogP) is 1.80. The number of hydrogen-bond donors (Lipinski definition) is 2. The summed E-state index contributed by atoms with van der Waals surface area (Å²) in [5.74, 6) is -0.0604. The lowest BCUT2D eigenvalue weighted by molar-refractivity contribution is -0.125. The van der Waals surface area contributed by atoms with Crippen molar-refractivity contribution in [1.82, 2.24) is 5.32 Å². The zero-order valence-corrected chi connectivity index (χ0v) is 11.0. The second-order valence-corrected chi connectivity index (χ2v) is 4.91.